The Morgan fingerprint density at radius 1 is 0.833 bits per heavy atom. The highest BCUT2D eigenvalue weighted by molar-refractivity contribution is 6.32. The Bertz CT molecular complexity index is 961. The van der Waals surface area contributed by atoms with Gasteiger partial charge in [-0.2, -0.15) is 0 Å². The Balaban J connectivity index is 1.68. The van der Waals surface area contributed by atoms with Crippen molar-refractivity contribution in [3.63, 3.8) is 0 Å². The molecule has 0 fully saturated rings. The minimum absolute atomic E-state index is 0.377. The number of para-hydroxylation sites is 1. The summed E-state index contributed by atoms with van der Waals surface area (Å²) >= 11 is 12.5. The molecule has 0 atom stereocenters. The van der Waals surface area contributed by atoms with E-state index in [0.29, 0.717) is 47.8 Å². The van der Waals surface area contributed by atoms with Gasteiger partial charge >= 0.3 is 0 Å². The highest BCUT2D eigenvalue weighted by atomic mass is 35.5. The third-order valence-corrected chi connectivity index (χ3v) is 5.04. The molecular formula is C24H25Cl2NO3. The summed E-state index contributed by atoms with van der Waals surface area (Å²) in [5.41, 5.74) is 3.11. The van der Waals surface area contributed by atoms with E-state index in [1.807, 2.05) is 67.6 Å². The minimum Gasteiger partial charge on any atom is -0.496 e. The zero-order valence-electron chi connectivity index (χ0n) is 17.1. The van der Waals surface area contributed by atoms with Gasteiger partial charge in [-0.15, -0.1) is 0 Å². The van der Waals surface area contributed by atoms with Crippen LogP contribution in [0.5, 0.6) is 17.2 Å². The molecule has 0 aliphatic carbocycles. The average molecular weight is 446 g/mol. The molecule has 0 bridgehead atoms. The van der Waals surface area contributed by atoms with E-state index < -0.39 is 0 Å². The van der Waals surface area contributed by atoms with Gasteiger partial charge in [-0.05, 0) is 48.4 Å². The van der Waals surface area contributed by atoms with Crippen LogP contribution in [0.15, 0.2) is 60.7 Å². The first-order chi connectivity index (χ1) is 14.6. The van der Waals surface area contributed by atoms with Crippen LogP contribution in [0.1, 0.15) is 23.6 Å². The molecule has 0 radical (unpaired) electrons. The largest absolute Gasteiger partial charge is 0.496 e. The van der Waals surface area contributed by atoms with E-state index in [-0.39, 0.29) is 0 Å². The molecule has 1 N–H and O–H groups in total. The first-order valence-corrected chi connectivity index (χ1v) is 10.5. The predicted octanol–water partition coefficient (Wildman–Crippen LogP) is 6.27. The number of benzene rings is 3. The lowest BCUT2D eigenvalue weighted by atomic mass is 10.1. The summed E-state index contributed by atoms with van der Waals surface area (Å²) in [6.07, 6.45) is 0. The van der Waals surface area contributed by atoms with Crippen LogP contribution < -0.4 is 19.5 Å². The van der Waals surface area contributed by atoms with E-state index in [1.165, 1.54) is 0 Å². The van der Waals surface area contributed by atoms with Crippen LogP contribution in [0.3, 0.4) is 0 Å². The quantitative estimate of drug-likeness (QED) is 0.399. The number of nitrogens with one attached hydrogen (secondary N) is 1. The zero-order chi connectivity index (χ0) is 21.3. The second kappa shape index (κ2) is 11.1. The highest BCUT2D eigenvalue weighted by Gasteiger charge is 2.13. The molecule has 0 aliphatic rings. The maximum absolute atomic E-state index is 6.53. The third-order valence-electron chi connectivity index (χ3n) is 4.50. The van der Waals surface area contributed by atoms with E-state index in [1.54, 1.807) is 7.11 Å². The molecule has 0 saturated carbocycles. The number of methoxy groups -OCH3 is 1. The fraction of sp³-hybridized carbons (Fsp3) is 0.250. The molecule has 3 rings (SSSR count). The molecular weight excluding hydrogens is 421 g/mol. The molecule has 0 aliphatic heterocycles. The van der Waals surface area contributed by atoms with E-state index in [2.05, 4.69) is 5.32 Å². The summed E-state index contributed by atoms with van der Waals surface area (Å²) in [6, 6.07) is 19.3. The Hall–Kier alpha value is -2.40. The topological polar surface area (TPSA) is 39.7 Å². The maximum atomic E-state index is 6.53. The molecule has 0 amide bonds. The SMILES string of the molecule is CCOc1cc(CNCc2ccccc2OC)cc(Cl)c1OCc1ccc(Cl)cc1. The first kappa shape index (κ1) is 22.3. The van der Waals surface area contributed by atoms with Crippen molar-refractivity contribution < 1.29 is 14.2 Å². The molecule has 0 heterocycles. The standard InChI is InChI=1S/C24H25Cl2NO3/c1-3-29-23-13-18(14-27-15-19-6-4-5-7-22(19)28-2)12-21(26)24(23)30-16-17-8-10-20(25)11-9-17/h4-13,27H,3,14-16H2,1-2H3. The van der Waals surface area contributed by atoms with Gasteiger partial charge in [0.15, 0.2) is 11.5 Å². The summed E-state index contributed by atoms with van der Waals surface area (Å²) in [5, 5.41) is 4.63. The Kier molecular flexibility index (Phi) is 8.26. The van der Waals surface area contributed by atoms with Crippen LogP contribution in [-0.4, -0.2) is 13.7 Å². The first-order valence-electron chi connectivity index (χ1n) is 9.75. The smallest absolute Gasteiger partial charge is 0.180 e. The van der Waals surface area contributed by atoms with E-state index >= 15 is 0 Å². The third kappa shape index (κ3) is 6.05. The molecule has 158 valence electrons. The van der Waals surface area contributed by atoms with Gasteiger partial charge in [-0.25, -0.2) is 0 Å². The summed E-state index contributed by atoms with van der Waals surface area (Å²) in [6.45, 7) is 4.15. The van der Waals surface area contributed by atoms with Crippen molar-refractivity contribution in [1.82, 2.24) is 5.32 Å². The number of hydrogen-bond acceptors (Lipinski definition) is 4. The molecule has 0 aromatic heterocycles. The van der Waals surface area contributed by atoms with E-state index in [4.69, 9.17) is 37.4 Å². The van der Waals surface area contributed by atoms with Crippen molar-refractivity contribution in [3.05, 3.63) is 87.4 Å². The monoisotopic (exact) mass is 445 g/mol. The molecule has 3 aromatic carbocycles. The van der Waals surface area contributed by atoms with Crippen molar-refractivity contribution in [2.75, 3.05) is 13.7 Å². The van der Waals surface area contributed by atoms with Gasteiger partial charge < -0.3 is 19.5 Å². The number of rotatable bonds is 10. The van der Waals surface area contributed by atoms with Crippen molar-refractivity contribution in [1.29, 1.82) is 0 Å². The number of ether oxygens (including phenoxy) is 3. The van der Waals surface area contributed by atoms with Crippen LogP contribution >= 0.6 is 23.2 Å². The van der Waals surface area contributed by atoms with Gasteiger partial charge in [0.05, 0.1) is 18.7 Å². The Morgan fingerprint density at radius 3 is 2.33 bits per heavy atom. The van der Waals surface area contributed by atoms with Gasteiger partial charge in [-0.1, -0.05) is 53.5 Å². The maximum Gasteiger partial charge on any atom is 0.180 e. The fourth-order valence-electron chi connectivity index (χ4n) is 3.05. The molecule has 3 aromatic rings. The fourth-order valence-corrected chi connectivity index (χ4v) is 3.47. The van der Waals surface area contributed by atoms with Crippen LogP contribution in [0, 0.1) is 0 Å². The van der Waals surface area contributed by atoms with Gasteiger partial charge in [0, 0.05) is 23.7 Å². The normalized spacial score (nSPS) is 10.7. The highest BCUT2D eigenvalue weighted by Crippen LogP contribution is 2.37. The van der Waals surface area contributed by atoms with Crippen LogP contribution in [0.25, 0.3) is 0 Å². The molecule has 0 spiro atoms. The van der Waals surface area contributed by atoms with E-state index in [0.717, 1.165) is 22.4 Å². The van der Waals surface area contributed by atoms with Crippen molar-refractivity contribution in [3.8, 4) is 17.2 Å². The summed E-state index contributed by atoms with van der Waals surface area (Å²) in [4.78, 5) is 0. The lowest BCUT2D eigenvalue weighted by molar-refractivity contribution is 0.269. The van der Waals surface area contributed by atoms with Crippen LogP contribution in [0.2, 0.25) is 10.0 Å². The number of hydrogen-bond donors (Lipinski definition) is 1. The Morgan fingerprint density at radius 2 is 1.60 bits per heavy atom. The molecule has 4 nitrogen and oxygen atoms in total. The molecule has 30 heavy (non-hydrogen) atoms. The van der Waals surface area contributed by atoms with E-state index in [9.17, 15) is 0 Å². The van der Waals surface area contributed by atoms with Gasteiger partial charge in [0.2, 0.25) is 0 Å². The lowest BCUT2D eigenvalue weighted by Gasteiger charge is -2.16. The van der Waals surface area contributed by atoms with Gasteiger partial charge in [0.25, 0.3) is 0 Å². The summed E-state index contributed by atoms with van der Waals surface area (Å²) in [7, 11) is 1.68. The molecule has 6 heteroatoms. The summed E-state index contributed by atoms with van der Waals surface area (Å²) < 4.78 is 17.2. The second-order valence-electron chi connectivity index (χ2n) is 6.67. The molecule has 0 saturated heterocycles. The van der Waals surface area contributed by atoms with Crippen molar-refractivity contribution in [2.45, 2.75) is 26.6 Å². The Labute approximate surface area is 187 Å². The second-order valence-corrected chi connectivity index (χ2v) is 7.51. The average Bonchev–Trinajstić information content (AvgIpc) is 2.75. The van der Waals surface area contributed by atoms with Gasteiger partial charge in [0.1, 0.15) is 12.4 Å². The van der Waals surface area contributed by atoms with Gasteiger partial charge in [-0.3, -0.25) is 0 Å². The molecule has 0 unspecified atom stereocenters. The minimum atomic E-state index is 0.377. The van der Waals surface area contributed by atoms with Crippen LogP contribution in [-0.2, 0) is 19.7 Å². The van der Waals surface area contributed by atoms with Crippen molar-refractivity contribution in [2.24, 2.45) is 0 Å². The summed E-state index contributed by atoms with van der Waals surface area (Å²) in [5.74, 6) is 2.04. The zero-order valence-corrected chi connectivity index (χ0v) is 18.6. The number of halogens is 2. The van der Waals surface area contributed by atoms with Crippen molar-refractivity contribution >= 4 is 23.2 Å². The predicted molar refractivity (Wildman–Crippen MR) is 122 cm³/mol. The van der Waals surface area contributed by atoms with Crippen LogP contribution in [0.4, 0.5) is 0 Å². The lowest BCUT2D eigenvalue weighted by Crippen LogP contribution is -2.13.